The van der Waals surface area contributed by atoms with E-state index in [0.29, 0.717) is 12.5 Å². The third-order valence-electron chi connectivity index (χ3n) is 3.62. The van der Waals surface area contributed by atoms with Gasteiger partial charge in [0.1, 0.15) is 11.9 Å². The van der Waals surface area contributed by atoms with E-state index >= 15 is 0 Å². The van der Waals surface area contributed by atoms with Gasteiger partial charge in [-0.1, -0.05) is 32.4 Å². The molecule has 0 saturated heterocycles. The maximum Gasteiger partial charge on any atom is 0.123 e. The molecule has 1 aromatic carbocycles. The van der Waals surface area contributed by atoms with Crippen molar-refractivity contribution < 1.29 is 9.84 Å². The first-order chi connectivity index (χ1) is 9.88. The molecule has 0 aliphatic rings. The van der Waals surface area contributed by atoms with E-state index in [2.05, 4.69) is 32.6 Å². The van der Waals surface area contributed by atoms with Gasteiger partial charge in [0.15, 0.2) is 0 Å². The van der Waals surface area contributed by atoms with Gasteiger partial charge in [-0.25, -0.2) is 0 Å². The Morgan fingerprint density at radius 2 is 1.91 bits per heavy atom. The van der Waals surface area contributed by atoms with Gasteiger partial charge >= 0.3 is 0 Å². The van der Waals surface area contributed by atoms with Crippen LogP contribution in [0.25, 0.3) is 0 Å². The van der Waals surface area contributed by atoms with E-state index in [4.69, 9.17) is 21.4 Å². The Balaban J connectivity index is 0.00000441. The maximum absolute atomic E-state index is 9.06. The molecular formula is C17H29Cl2NO2. The highest BCUT2D eigenvalue weighted by atomic mass is 35.5. The summed E-state index contributed by atoms with van der Waals surface area (Å²) in [5.74, 6) is 1.28. The Hall–Kier alpha value is -0.480. The van der Waals surface area contributed by atoms with Crippen LogP contribution >= 0.6 is 24.0 Å². The van der Waals surface area contributed by atoms with Crippen molar-refractivity contribution in [1.82, 2.24) is 4.90 Å². The second-order valence-electron chi connectivity index (χ2n) is 5.84. The molecule has 0 fully saturated rings. The van der Waals surface area contributed by atoms with E-state index in [1.54, 1.807) is 0 Å². The minimum Gasteiger partial charge on any atom is -0.489 e. The molecule has 0 aliphatic heterocycles. The summed E-state index contributed by atoms with van der Waals surface area (Å²) < 4.78 is 6.14. The average Bonchev–Trinajstić information content (AvgIpc) is 2.41. The molecule has 0 aliphatic carbocycles. The Bertz CT molecular complexity index is 453. The Morgan fingerprint density at radius 1 is 1.27 bits per heavy atom. The zero-order chi connectivity index (χ0) is 16.0. The van der Waals surface area contributed by atoms with E-state index in [-0.39, 0.29) is 25.1 Å². The van der Waals surface area contributed by atoms with Gasteiger partial charge in [0.25, 0.3) is 0 Å². The number of aliphatic hydroxyl groups is 1. The number of rotatable bonds is 8. The Labute approximate surface area is 146 Å². The number of hydrogen-bond acceptors (Lipinski definition) is 3. The highest BCUT2D eigenvalue weighted by Gasteiger charge is 2.15. The minimum atomic E-state index is 0. The fourth-order valence-electron chi connectivity index (χ4n) is 2.36. The van der Waals surface area contributed by atoms with E-state index in [1.807, 2.05) is 19.1 Å². The van der Waals surface area contributed by atoms with Crippen LogP contribution < -0.4 is 4.74 Å². The van der Waals surface area contributed by atoms with Crippen LogP contribution in [0.3, 0.4) is 0 Å². The standard InChI is InChI=1S/C17H28ClNO2.ClH/c1-6-19(7-8-20)11-14(5)21-17-9-13(4)16(18)10-15(17)12(2)3;/h9-10,12,14,20H,6-8,11H2,1-5H3;1H. The highest BCUT2D eigenvalue weighted by molar-refractivity contribution is 6.31. The normalized spacial score (nSPS) is 12.4. The lowest BCUT2D eigenvalue weighted by Gasteiger charge is -2.26. The van der Waals surface area contributed by atoms with Crippen molar-refractivity contribution in [2.45, 2.75) is 46.6 Å². The van der Waals surface area contributed by atoms with Crippen LogP contribution in [0.5, 0.6) is 5.75 Å². The second kappa shape index (κ2) is 10.3. The van der Waals surface area contributed by atoms with Crippen molar-refractivity contribution in [2.24, 2.45) is 0 Å². The van der Waals surface area contributed by atoms with E-state index in [1.165, 1.54) is 0 Å². The van der Waals surface area contributed by atoms with Gasteiger partial charge < -0.3 is 9.84 Å². The fourth-order valence-corrected chi connectivity index (χ4v) is 2.53. The molecule has 1 rings (SSSR count). The minimum absolute atomic E-state index is 0. The first-order valence-electron chi connectivity index (χ1n) is 7.68. The SMILES string of the molecule is CCN(CCO)CC(C)Oc1cc(C)c(Cl)cc1C(C)C.Cl. The van der Waals surface area contributed by atoms with Gasteiger partial charge in [-0.3, -0.25) is 4.90 Å². The summed E-state index contributed by atoms with van der Waals surface area (Å²) >= 11 is 6.22. The van der Waals surface area contributed by atoms with Crippen molar-refractivity contribution >= 4 is 24.0 Å². The van der Waals surface area contributed by atoms with Crippen LogP contribution in [0, 0.1) is 6.92 Å². The van der Waals surface area contributed by atoms with Crippen LogP contribution in [0.15, 0.2) is 12.1 Å². The number of nitrogens with zero attached hydrogens (tertiary/aromatic N) is 1. The molecule has 1 N–H and O–H groups in total. The molecule has 0 radical (unpaired) electrons. The first-order valence-corrected chi connectivity index (χ1v) is 8.06. The van der Waals surface area contributed by atoms with E-state index in [0.717, 1.165) is 35.0 Å². The largest absolute Gasteiger partial charge is 0.489 e. The quantitative estimate of drug-likeness (QED) is 0.760. The van der Waals surface area contributed by atoms with Gasteiger partial charge in [0.05, 0.1) is 6.61 Å². The third-order valence-corrected chi connectivity index (χ3v) is 4.03. The lowest BCUT2D eigenvalue weighted by Crippen LogP contribution is -2.35. The van der Waals surface area contributed by atoms with Crippen molar-refractivity contribution in [2.75, 3.05) is 26.2 Å². The van der Waals surface area contributed by atoms with E-state index < -0.39 is 0 Å². The molecule has 0 amide bonds. The van der Waals surface area contributed by atoms with Crippen molar-refractivity contribution in [3.63, 3.8) is 0 Å². The summed E-state index contributed by atoms with van der Waals surface area (Å²) in [6.45, 7) is 13.0. The molecule has 0 saturated carbocycles. The molecule has 22 heavy (non-hydrogen) atoms. The summed E-state index contributed by atoms with van der Waals surface area (Å²) in [6, 6.07) is 4.03. The lowest BCUT2D eigenvalue weighted by molar-refractivity contribution is 0.129. The molecule has 0 bridgehead atoms. The number of aryl methyl sites for hydroxylation is 1. The molecule has 0 aromatic heterocycles. The van der Waals surface area contributed by atoms with Gasteiger partial charge in [-0.15, -0.1) is 12.4 Å². The monoisotopic (exact) mass is 349 g/mol. The molecule has 3 nitrogen and oxygen atoms in total. The summed E-state index contributed by atoms with van der Waals surface area (Å²) in [7, 11) is 0. The fraction of sp³-hybridized carbons (Fsp3) is 0.647. The number of aliphatic hydroxyl groups excluding tert-OH is 1. The number of hydrogen-bond donors (Lipinski definition) is 1. The number of likely N-dealkylation sites (N-methyl/N-ethyl adjacent to an activating group) is 1. The molecule has 5 heteroatoms. The van der Waals surface area contributed by atoms with Crippen LogP contribution in [0.1, 0.15) is 44.7 Å². The van der Waals surface area contributed by atoms with Crippen molar-refractivity contribution in [1.29, 1.82) is 0 Å². The van der Waals surface area contributed by atoms with E-state index in [9.17, 15) is 0 Å². The van der Waals surface area contributed by atoms with Crippen molar-refractivity contribution in [3.05, 3.63) is 28.3 Å². The predicted octanol–water partition coefficient (Wildman–Crippen LogP) is 4.28. The summed E-state index contributed by atoms with van der Waals surface area (Å²) in [5, 5.41) is 9.84. The van der Waals surface area contributed by atoms with Gasteiger partial charge in [-0.2, -0.15) is 0 Å². The van der Waals surface area contributed by atoms with Gasteiger partial charge in [-0.05, 0) is 49.6 Å². The molecule has 1 atom stereocenters. The van der Waals surface area contributed by atoms with Crippen LogP contribution in [-0.4, -0.2) is 42.4 Å². The van der Waals surface area contributed by atoms with Crippen molar-refractivity contribution in [3.8, 4) is 5.75 Å². The van der Waals surface area contributed by atoms with Gasteiger partial charge in [0.2, 0.25) is 0 Å². The Morgan fingerprint density at radius 3 is 2.41 bits per heavy atom. The number of benzene rings is 1. The smallest absolute Gasteiger partial charge is 0.123 e. The average molecular weight is 350 g/mol. The zero-order valence-corrected chi connectivity index (χ0v) is 15.8. The summed E-state index contributed by atoms with van der Waals surface area (Å²) in [5.41, 5.74) is 2.17. The maximum atomic E-state index is 9.06. The predicted molar refractivity (Wildman–Crippen MR) is 96.8 cm³/mol. The third kappa shape index (κ3) is 6.33. The molecule has 1 aromatic rings. The highest BCUT2D eigenvalue weighted by Crippen LogP contribution is 2.32. The number of halogens is 2. The molecule has 1 unspecified atom stereocenters. The molecule has 128 valence electrons. The molecular weight excluding hydrogens is 321 g/mol. The van der Waals surface area contributed by atoms with Crippen LogP contribution in [-0.2, 0) is 0 Å². The Kier molecular flexibility index (Phi) is 10.1. The lowest BCUT2D eigenvalue weighted by atomic mass is 10.0. The molecule has 0 heterocycles. The second-order valence-corrected chi connectivity index (χ2v) is 6.25. The summed E-state index contributed by atoms with van der Waals surface area (Å²) in [6.07, 6.45) is 0.0644. The van der Waals surface area contributed by atoms with Crippen LogP contribution in [0.2, 0.25) is 5.02 Å². The zero-order valence-electron chi connectivity index (χ0n) is 14.2. The van der Waals surface area contributed by atoms with Crippen LogP contribution in [0.4, 0.5) is 0 Å². The molecule has 0 spiro atoms. The number of ether oxygens (including phenoxy) is 1. The topological polar surface area (TPSA) is 32.7 Å². The summed E-state index contributed by atoms with van der Waals surface area (Å²) in [4.78, 5) is 2.18. The van der Waals surface area contributed by atoms with Gasteiger partial charge in [0, 0.05) is 18.1 Å². The first kappa shape index (κ1) is 21.5.